The van der Waals surface area contributed by atoms with E-state index in [1.165, 1.54) is 18.2 Å². The first kappa shape index (κ1) is 15.4. The molecule has 0 spiro atoms. The van der Waals surface area contributed by atoms with Gasteiger partial charge in [0.2, 0.25) is 0 Å². The Morgan fingerprint density at radius 3 is 2.24 bits per heavy atom. The number of hydrogen-bond acceptors (Lipinski definition) is 1. The van der Waals surface area contributed by atoms with Gasteiger partial charge < -0.3 is 5.32 Å². The van der Waals surface area contributed by atoms with Crippen LogP contribution in [-0.2, 0) is 12.7 Å². The van der Waals surface area contributed by atoms with Gasteiger partial charge in [-0.3, -0.25) is 0 Å². The van der Waals surface area contributed by atoms with Crippen LogP contribution in [0.1, 0.15) is 11.1 Å². The maximum atomic E-state index is 13.8. The lowest BCUT2D eigenvalue weighted by atomic mass is 10.00. The summed E-state index contributed by atoms with van der Waals surface area (Å²) in [5.41, 5.74) is -0.697. The van der Waals surface area contributed by atoms with E-state index in [9.17, 15) is 22.0 Å². The molecular weight excluding hydrogens is 289 g/mol. The minimum Gasteiger partial charge on any atom is -0.316 e. The zero-order valence-electron chi connectivity index (χ0n) is 11.1. The van der Waals surface area contributed by atoms with Gasteiger partial charge in [0.05, 0.1) is 5.56 Å². The molecule has 0 atom stereocenters. The average Bonchev–Trinajstić information content (AvgIpc) is 2.41. The highest BCUT2D eigenvalue weighted by molar-refractivity contribution is 5.66. The Kier molecular flexibility index (Phi) is 4.27. The van der Waals surface area contributed by atoms with E-state index < -0.39 is 23.4 Å². The smallest absolute Gasteiger partial charge is 0.316 e. The van der Waals surface area contributed by atoms with Crippen LogP contribution in [0.5, 0.6) is 0 Å². The van der Waals surface area contributed by atoms with Crippen molar-refractivity contribution in [2.45, 2.75) is 12.7 Å². The predicted molar refractivity (Wildman–Crippen MR) is 69.6 cm³/mol. The van der Waals surface area contributed by atoms with Crippen molar-refractivity contribution in [3.63, 3.8) is 0 Å². The molecule has 112 valence electrons. The molecule has 0 unspecified atom stereocenters. The molecule has 1 nitrogen and oxygen atoms in total. The van der Waals surface area contributed by atoms with Gasteiger partial charge in [0.1, 0.15) is 11.6 Å². The Morgan fingerprint density at radius 2 is 1.62 bits per heavy atom. The van der Waals surface area contributed by atoms with E-state index in [-0.39, 0.29) is 11.1 Å². The van der Waals surface area contributed by atoms with E-state index in [4.69, 9.17) is 0 Å². The van der Waals surface area contributed by atoms with Crippen molar-refractivity contribution in [1.29, 1.82) is 0 Å². The lowest BCUT2D eigenvalue weighted by Crippen LogP contribution is -2.08. The van der Waals surface area contributed by atoms with Crippen molar-refractivity contribution in [3.05, 3.63) is 59.2 Å². The summed E-state index contributed by atoms with van der Waals surface area (Å²) in [5, 5.41) is 2.86. The van der Waals surface area contributed by atoms with Crippen LogP contribution in [0.4, 0.5) is 22.0 Å². The zero-order valence-corrected chi connectivity index (χ0v) is 11.1. The highest BCUT2D eigenvalue weighted by Gasteiger charge is 2.34. The molecule has 0 saturated carbocycles. The molecule has 0 heterocycles. The summed E-state index contributed by atoms with van der Waals surface area (Å²) in [4.78, 5) is 0. The standard InChI is InChI=1S/C15H12F5N/c1-21-8-9-2-4-13(16)11(6-9)10-3-5-14(17)12(7-10)15(18,19)20/h2-7,21H,8H2,1H3. The van der Waals surface area contributed by atoms with Crippen LogP contribution in [0.2, 0.25) is 0 Å². The van der Waals surface area contributed by atoms with Gasteiger partial charge in [-0.15, -0.1) is 0 Å². The molecule has 0 bridgehead atoms. The fourth-order valence-electron chi connectivity index (χ4n) is 2.02. The van der Waals surface area contributed by atoms with Gasteiger partial charge in [-0.25, -0.2) is 8.78 Å². The summed E-state index contributed by atoms with van der Waals surface area (Å²) in [7, 11) is 1.70. The van der Waals surface area contributed by atoms with E-state index in [1.54, 1.807) is 7.05 Å². The maximum Gasteiger partial charge on any atom is 0.419 e. The second-order valence-electron chi connectivity index (χ2n) is 4.54. The monoisotopic (exact) mass is 301 g/mol. The van der Waals surface area contributed by atoms with E-state index >= 15 is 0 Å². The first-order valence-electron chi connectivity index (χ1n) is 6.13. The molecule has 0 amide bonds. The summed E-state index contributed by atoms with van der Waals surface area (Å²) in [6, 6.07) is 6.60. The third-order valence-electron chi connectivity index (χ3n) is 2.99. The van der Waals surface area contributed by atoms with Crippen molar-refractivity contribution >= 4 is 0 Å². The molecule has 2 aromatic carbocycles. The summed E-state index contributed by atoms with van der Waals surface area (Å²) >= 11 is 0. The van der Waals surface area contributed by atoms with Gasteiger partial charge in [0, 0.05) is 12.1 Å². The highest BCUT2D eigenvalue weighted by atomic mass is 19.4. The van der Waals surface area contributed by atoms with Crippen molar-refractivity contribution in [2.24, 2.45) is 0 Å². The largest absolute Gasteiger partial charge is 0.419 e. The van der Waals surface area contributed by atoms with Crippen LogP contribution in [-0.4, -0.2) is 7.05 Å². The second kappa shape index (κ2) is 5.81. The minimum absolute atomic E-state index is 0.00764. The zero-order chi connectivity index (χ0) is 15.6. The number of halogens is 5. The fourth-order valence-corrected chi connectivity index (χ4v) is 2.02. The molecular formula is C15H12F5N. The van der Waals surface area contributed by atoms with Crippen molar-refractivity contribution in [1.82, 2.24) is 5.32 Å². The molecule has 1 N–H and O–H groups in total. The highest BCUT2D eigenvalue weighted by Crippen LogP contribution is 2.35. The molecule has 21 heavy (non-hydrogen) atoms. The van der Waals surface area contributed by atoms with Crippen molar-refractivity contribution in [3.8, 4) is 11.1 Å². The van der Waals surface area contributed by atoms with Gasteiger partial charge in [-0.1, -0.05) is 12.1 Å². The molecule has 0 fully saturated rings. The fraction of sp³-hybridized carbons (Fsp3) is 0.200. The van der Waals surface area contributed by atoms with Gasteiger partial charge in [-0.05, 0) is 42.4 Å². The summed E-state index contributed by atoms with van der Waals surface area (Å²) < 4.78 is 65.2. The van der Waals surface area contributed by atoms with E-state index in [0.29, 0.717) is 24.2 Å². The van der Waals surface area contributed by atoms with E-state index in [2.05, 4.69) is 5.32 Å². The first-order chi connectivity index (χ1) is 9.82. The number of nitrogens with one attached hydrogen (secondary N) is 1. The third kappa shape index (κ3) is 3.39. The molecule has 0 aliphatic heterocycles. The third-order valence-corrected chi connectivity index (χ3v) is 2.99. The molecule has 2 rings (SSSR count). The number of alkyl halides is 3. The Morgan fingerprint density at radius 1 is 0.952 bits per heavy atom. The SMILES string of the molecule is CNCc1ccc(F)c(-c2ccc(F)c(C(F)(F)F)c2)c1. The molecule has 2 aromatic rings. The van der Waals surface area contributed by atoms with Gasteiger partial charge in [0.25, 0.3) is 0 Å². The van der Waals surface area contributed by atoms with Crippen molar-refractivity contribution in [2.75, 3.05) is 7.05 Å². The van der Waals surface area contributed by atoms with Crippen LogP contribution < -0.4 is 5.32 Å². The van der Waals surface area contributed by atoms with Crippen molar-refractivity contribution < 1.29 is 22.0 Å². The van der Waals surface area contributed by atoms with Gasteiger partial charge >= 0.3 is 6.18 Å². The Balaban J connectivity index is 2.54. The molecule has 0 aromatic heterocycles. The average molecular weight is 301 g/mol. The quantitative estimate of drug-likeness (QED) is 0.830. The first-order valence-corrected chi connectivity index (χ1v) is 6.13. The van der Waals surface area contributed by atoms with Crippen LogP contribution in [0.25, 0.3) is 11.1 Å². The topological polar surface area (TPSA) is 12.0 Å². The molecule has 0 radical (unpaired) electrons. The summed E-state index contributed by atoms with van der Waals surface area (Å²) in [6.45, 7) is 0.445. The molecule has 0 saturated heterocycles. The lowest BCUT2D eigenvalue weighted by Gasteiger charge is -2.12. The second-order valence-corrected chi connectivity index (χ2v) is 4.54. The normalized spacial score (nSPS) is 11.7. The Hall–Kier alpha value is -1.95. The number of hydrogen-bond donors (Lipinski definition) is 1. The predicted octanol–water partition coefficient (Wildman–Crippen LogP) is 4.37. The summed E-state index contributed by atoms with van der Waals surface area (Å²) in [6.07, 6.45) is -4.82. The molecule has 0 aliphatic carbocycles. The van der Waals surface area contributed by atoms with Crippen LogP contribution in [0.15, 0.2) is 36.4 Å². The maximum absolute atomic E-state index is 13.8. The number of rotatable bonds is 3. The molecule has 6 heteroatoms. The molecule has 0 aliphatic rings. The van der Waals surface area contributed by atoms with E-state index in [1.807, 2.05) is 0 Å². The van der Waals surface area contributed by atoms with Crippen LogP contribution in [0, 0.1) is 11.6 Å². The minimum atomic E-state index is -4.82. The van der Waals surface area contributed by atoms with Gasteiger partial charge in [0.15, 0.2) is 0 Å². The Labute approximate surface area is 118 Å². The van der Waals surface area contributed by atoms with Gasteiger partial charge in [-0.2, -0.15) is 13.2 Å². The lowest BCUT2D eigenvalue weighted by molar-refractivity contribution is -0.139. The Bertz CT molecular complexity index is 649. The summed E-state index contributed by atoms with van der Waals surface area (Å²) in [5.74, 6) is -2.03. The number of benzene rings is 2. The van der Waals surface area contributed by atoms with Crippen LogP contribution in [0.3, 0.4) is 0 Å². The van der Waals surface area contributed by atoms with E-state index in [0.717, 1.165) is 6.07 Å². The van der Waals surface area contributed by atoms with Crippen LogP contribution >= 0.6 is 0 Å².